The minimum absolute atomic E-state index is 0. The molecule has 6 heteroatoms. The highest BCUT2D eigenvalue weighted by atomic mass is 127. The second kappa shape index (κ2) is 10.3. The van der Waals surface area contributed by atoms with Crippen LogP contribution in [0.4, 0.5) is 0 Å². The van der Waals surface area contributed by atoms with Crippen molar-refractivity contribution in [3.05, 3.63) is 35.9 Å². The Labute approximate surface area is 169 Å². The van der Waals surface area contributed by atoms with Gasteiger partial charge in [0.25, 0.3) is 0 Å². The number of rotatable bonds is 8. The number of nitrogens with one attached hydrogen (secondary N) is 2. The third kappa shape index (κ3) is 7.11. The lowest BCUT2D eigenvalue weighted by atomic mass is 9.96. The molecule has 142 valence electrons. The van der Waals surface area contributed by atoms with Crippen LogP contribution >= 0.6 is 24.0 Å². The molecule has 0 amide bonds. The van der Waals surface area contributed by atoms with Gasteiger partial charge in [-0.2, -0.15) is 0 Å². The minimum Gasteiger partial charge on any atom is -0.384 e. The molecule has 1 aromatic carbocycles. The van der Waals surface area contributed by atoms with Crippen molar-refractivity contribution in [2.75, 3.05) is 33.7 Å². The highest BCUT2D eigenvalue weighted by molar-refractivity contribution is 14.0. The van der Waals surface area contributed by atoms with Gasteiger partial charge in [-0.3, -0.25) is 0 Å². The van der Waals surface area contributed by atoms with Crippen molar-refractivity contribution in [1.82, 2.24) is 15.5 Å². The lowest BCUT2D eigenvalue weighted by Gasteiger charge is -2.26. The van der Waals surface area contributed by atoms with Gasteiger partial charge in [-0.1, -0.05) is 30.3 Å². The van der Waals surface area contributed by atoms with Crippen molar-refractivity contribution in [2.45, 2.75) is 38.3 Å². The average Bonchev–Trinajstić information content (AvgIpc) is 3.38. The Balaban J connectivity index is 0.00000312. The molecule has 0 bridgehead atoms. The topological polar surface area (TPSA) is 59.9 Å². The fourth-order valence-electron chi connectivity index (χ4n) is 2.92. The zero-order valence-corrected chi connectivity index (χ0v) is 18.2. The Morgan fingerprint density at radius 2 is 1.92 bits per heavy atom. The number of benzene rings is 1. The molecule has 0 heterocycles. The summed E-state index contributed by atoms with van der Waals surface area (Å²) in [6, 6.07) is 10.2. The normalized spacial score (nSPS) is 18.2. The molecule has 3 N–H and O–H groups in total. The first-order valence-corrected chi connectivity index (χ1v) is 8.90. The van der Waals surface area contributed by atoms with Crippen LogP contribution in [-0.2, 0) is 5.60 Å². The van der Waals surface area contributed by atoms with Crippen LogP contribution in [0.2, 0.25) is 0 Å². The Morgan fingerprint density at radius 1 is 1.28 bits per heavy atom. The maximum absolute atomic E-state index is 10.7. The quantitative estimate of drug-likeness (QED) is 0.317. The van der Waals surface area contributed by atoms with Gasteiger partial charge >= 0.3 is 0 Å². The molecule has 2 rings (SSSR count). The molecule has 0 radical (unpaired) electrons. The molecular weight excluding hydrogens is 427 g/mol. The van der Waals surface area contributed by atoms with E-state index in [0.717, 1.165) is 30.5 Å². The van der Waals surface area contributed by atoms with Crippen LogP contribution < -0.4 is 10.6 Å². The van der Waals surface area contributed by atoms with Crippen LogP contribution in [0.25, 0.3) is 0 Å². The van der Waals surface area contributed by atoms with Gasteiger partial charge in [0.2, 0.25) is 0 Å². The summed E-state index contributed by atoms with van der Waals surface area (Å²) in [6.07, 6.45) is 2.64. The SMILES string of the molecule is CCNC(=NCC(C)(O)c1ccccc1)NCC(C1CC1)N(C)C.I. The Hall–Kier alpha value is -0.860. The van der Waals surface area contributed by atoms with Gasteiger partial charge in [0.15, 0.2) is 5.96 Å². The average molecular weight is 460 g/mol. The van der Waals surface area contributed by atoms with Crippen LogP contribution in [0.1, 0.15) is 32.3 Å². The molecule has 1 saturated carbocycles. The molecule has 0 saturated heterocycles. The second-order valence-corrected chi connectivity index (χ2v) is 7.08. The van der Waals surface area contributed by atoms with Gasteiger partial charge in [0, 0.05) is 19.1 Å². The van der Waals surface area contributed by atoms with Gasteiger partial charge < -0.3 is 20.6 Å². The van der Waals surface area contributed by atoms with E-state index in [9.17, 15) is 5.11 Å². The van der Waals surface area contributed by atoms with E-state index in [0.29, 0.717) is 12.6 Å². The maximum Gasteiger partial charge on any atom is 0.191 e. The van der Waals surface area contributed by atoms with Crippen molar-refractivity contribution in [3.63, 3.8) is 0 Å². The summed E-state index contributed by atoms with van der Waals surface area (Å²) in [5.74, 6) is 1.56. The van der Waals surface area contributed by atoms with Crippen LogP contribution in [0.3, 0.4) is 0 Å². The summed E-state index contributed by atoms with van der Waals surface area (Å²) >= 11 is 0. The molecule has 1 aliphatic carbocycles. The number of guanidine groups is 1. The van der Waals surface area contributed by atoms with Gasteiger partial charge in [-0.15, -0.1) is 24.0 Å². The fourth-order valence-corrected chi connectivity index (χ4v) is 2.92. The summed E-state index contributed by atoms with van der Waals surface area (Å²) in [4.78, 5) is 6.88. The number of hydrogen-bond donors (Lipinski definition) is 3. The third-order valence-electron chi connectivity index (χ3n) is 4.59. The molecular formula is C19H33IN4O. The van der Waals surface area contributed by atoms with Crippen LogP contribution in [0.5, 0.6) is 0 Å². The van der Waals surface area contributed by atoms with E-state index in [1.165, 1.54) is 12.8 Å². The van der Waals surface area contributed by atoms with Gasteiger partial charge in [0.05, 0.1) is 6.54 Å². The molecule has 1 fully saturated rings. The van der Waals surface area contributed by atoms with Crippen LogP contribution in [-0.4, -0.2) is 55.7 Å². The van der Waals surface area contributed by atoms with Crippen molar-refractivity contribution < 1.29 is 5.11 Å². The molecule has 0 aliphatic heterocycles. The van der Waals surface area contributed by atoms with E-state index in [2.05, 4.69) is 41.5 Å². The van der Waals surface area contributed by atoms with Crippen molar-refractivity contribution in [3.8, 4) is 0 Å². The molecule has 1 aliphatic rings. The van der Waals surface area contributed by atoms with E-state index in [-0.39, 0.29) is 24.0 Å². The van der Waals surface area contributed by atoms with Crippen molar-refractivity contribution in [2.24, 2.45) is 10.9 Å². The minimum atomic E-state index is -0.971. The highest BCUT2D eigenvalue weighted by Crippen LogP contribution is 2.34. The van der Waals surface area contributed by atoms with E-state index in [1.54, 1.807) is 0 Å². The fraction of sp³-hybridized carbons (Fsp3) is 0.632. The lowest BCUT2D eigenvalue weighted by Crippen LogP contribution is -2.46. The summed E-state index contributed by atoms with van der Waals surface area (Å²) in [6.45, 7) is 5.85. The maximum atomic E-state index is 10.7. The first-order valence-electron chi connectivity index (χ1n) is 8.90. The molecule has 0 spiro atoms. The third-order valence-corrected chi connectivity index (χ3v) is 4.59. The Morgan fingerprint density at radius 3 is 2.44 bits per heavy atom. The molecule has 1 aromatic rings. The number of aliphatic hydroxyl groups is 1. The Bertz CT molecular complexity index is 527. The molecule has 2 atom stereocenters. The molecule has 25 heavy (non-hydrogen) atoms. The zero-order chi connectivity index (χ0) is 17.6. The zero-order valence-electron chi connectivity index (χ0n) is 15.8. The summed E-state index contributed by atoms with van der Waals surface area (Å²) in [7, 11) is 4.27. The Kier molecular flexibility index (Phi) is 9.16. The predicted octanol–water partition coefficient (Wildman–Crippen LogP) is 2.41. The monoisotopic (exact) mass is 460 g/mol. The van der Waals surface area contributed by atoms with Crippen molar-refractivity contribution >= 4 is 29.9 Å². The standard InChI is InChI=1S/C19H32N4O.HI/c1-5-20-18(21-13-17(23(3)4)15-11-12-15)22-14-19(2,24)16-9-7-6-8-10-16;/h6-10,15,17,24H,5,11-14H2,1-4H3,(H2,20,21,22);1H. The van der Waals surface area contributed by atoms with E-state index >= 15 is 0 Å². The molecule has 5 nitrogen and oxygen atoms in total. The van der Waals surface area contributed by atoms with Crippen LogP contribution in [0, 0.1) is 5.92 Å². The summed E-state index contributed by atoms with van der Waals surface area (Å²) in [5, 5.41) is 17.4. The van der Waals surface area contributed by atoms with Gasteiger partial charge in [-0.25, -0.2) is 4.99 Å². The molecule has 2 unspecified atom stereocenters. The first kappa shape index (κ1) is 22.2. The van der Waals surface area contributed by atoms with E-state index < -0.39 is 5.60 Å². The molecule has 0 aromatic heterocycles. The number of halogens is 1. The number of nitrogens with zero attached hydrogens (tertiary/aromatic N) is 2. The van der Waals surface area contributed by atoms with Gasteiger partial charge in [0.1, 0.15) is 5.60 Å². The van der Waals surface area contributed by atoms with E-state index in [1.807, 2.05) is 37.3 Å². The van der Waals surface area contributed by atoms with Gasteiger partial charge in [-0.05, 0) is 52.3 Å². The van der Waals surface area contributed by atoms with E-state index in [4.69, 9.17) is 0 Å². The second-order valence-electron chi connectivity index (χ2n) is 7.08. The highest BCUT2D eigenvalue weighted by Gasteiger charge is 2.32. The first-order chi connectivity index (χ1) is 11.4. The number of likely N-dealkylation sites (N-methyl/N-ethyl adjacent to an activating group) is 1. The van der Waals surface area contributed by atoms with Crippen LogP contribution in [0.15, 0.2) is 35.3 Å². The summed E-state index contributed by atoms with van der Waals surface area (Å²) in [5.41, 5.74) is -0.0881. The number of hydrogen-bond acceptors (Lipinski definition) is 3. The predicted molar refractivity (Wildman–Crippen MR) is 116 cm³/mol. The number of aliphatic imine (C=N–C) groups is 1. The van der Waals surface area contributed by atoms with Crippen molar-refractivity contribution in [1.29, 1.82) is 0 Å². The summed E-state index contributed by atoms with van der Waals surface area (Å²) < 4.78 is 0. The smallest absolute Gasteiger partial charge is 0.191 e. The lowest BCUT2D eigenvalue weighted by molar-refractivity contribution is 0.0672. The largest absolute Gasteiger partial charge is 0.384 e.